The minimum Gasteiger partial charge on any atom is -0.330 e. The van der Waals surface area contributed by atoms with Crippen molar-refractivity contribution in [2.45, 2.75) is 6.54 Å². The summed E-state index contributed by atoms with van der Waals surface area (Å²) in [5, 5.41) is 1.13. The third kappa shape index (κ3) is 4.67. The summed E-state index contributed by atoms with van der Waals surface area (Å²) in [6, 6.07) is 11.7. The van der Waals surface area contributed by atoms with Crippen LogP contribution in [0, 0.1) is 0 Å². The van der Waals surface area contributed by atoms with Crippen molar-refractivity contribution in [2.24, 2.45) is 0 Å². The van der Waals surface area contributed by atoms with E-state index < -0.39 is 0 Å². The molecule has 0 saturated carbocycles. The van der Waals surface area contributed by atoms with Crippen molar-refractivity contribution >= 4 is 34.9 Å². The monoisotopic (exact) mass is 394 g/mol. The van der Waals surface area contributed by atoms with Gasteiger partial charge in [0.1, 0.15) is 19.6 Å². The standard InChI is InChI=1S/C19H22Cl2N4O/c1-23(13-15-5-4-6-16(20)19(15)21)14-18(26)25-11-9-24(10-12-25)17-7-2-3-8-22-17/h2-8H,9-14H2,1H3/p+2. The molecule has 2 heterocycles. The molecular weight excluding hydrogens is 371 g/mol. The molecule has 1 aromatic carbocycles. The van der Waals surface area contributed by atoms with E-state index in [-0.39, 0.29) is 5.91 Å². The molecule has 3 rings (SSSR count). The van der Waals surface area contributed by atoms with Crippen molar-refractivity contribution in [3.05, 3.63) is 58.2 Å². The minimum absolute atomic E-state index is 0.178. The van der Waals surface area contributed by atoms with Gasteiger partial charge >= 0.3 is 0 Å². The topological polar surface area (TPSA) is 42.1 Å². The maximum absolute atomic E-state index is 12.6. The molecule has 5 nitrogen and oxygen atoms in total. The number of pyridine rings is 1. The van der Waals surface area contributed by atoms with Crippen LogP contribution in [0.25, 0.3) is 0 Å². The number of H-pyrrole nitrogens is 1. The van der Waals surface area contributed by atoms with E-state index in [4.69, 9.17) is 23.2 Å². The molecule has 0 spiro atoms. The van der Waals surface area contributed by atoms with E-state index in [1.54, 1.807) is 6.07 Å². The van der Waals surface area contributed by atoms with Gasteiger partial charge in [-0.1, -0.05) is 41.4 Å². The molecule has 1 aliphatic rings. The van der Waals surface area contributed by atoms with Gasteiger partial charge in [-0.15, -0.1) is 0 Å². The number of aromatic amines is 1. The van der Waals surface area contributed by atoms with Gasteiger partial charge in [-0.3, -0.25) is 9.69 Å². The number of amides is 1. The molecule has 1 aromatic heterocycles. The van der Waals surface area contributed by atoms with E-state index in [2.05, 4.69) is 16.0 Å². The van der Waals surface area contributed by atoms with E-state index >= 15 is 0 Å². The smallest absolute Gasteiger partial charge is 0.278 e. The normalized spacial score (nSPS) is 15.8. The predicted molar refractivity (Wildman–Crippen MR) is 104 cm³/mol. The number of rotatable bonds is 5. The van der Waals surface area contributed by atoms with Crippen LogP contribution in [0.5, 0.6) is 0 Å². The molecule has 2 N–H and O–H groups in total. The summed E-state index contributed by atoms with van der Waals surface area (Å²) in [6.07, 6.45) is 1.92. The lowest BCUT2D eigenvalue weighted by atomic mass is 10.2. The lowest BCUT2D eigenvalue weighted by molar-refractivity contribution is -0.885. The maximum Gasteiger partial charge on any atom is 0.278 e. The predicted octanol–water partition coefficient (Wildman–Crippen LogP) is 1.17. The zero-order chi connectivity index (χ0) is 18.5. The first kappa shape index (κ1) is 19.0. The van der Waals surface area contributed by atoms with Crippen molar-refractivity contribution < 1.29 is 14.7 Å². The van der Waals surface area contributed by atoms with Gasteiger partial charge in [0.15, 0.2) is 6.54 Å². The fourth-order valence-electron chi connectivity index (χ4n) is 3.22. The van der Waals surface area contributed by atoms with E-state index in [1.165, 1.54) is 0 Å². The highest BCUT2D eigenvalue weighted by molar-refractivity contribution is 6.42. The molecule has 26 heavy (non-hydrogen) atoms. The lowest BCUT2D eigenvalue weighted by Crippen LogP contribution is -3.09. The number of benzene rings is 1. The molecule has 1 amide bonds. The highest BCUT2D eigenvalue weighted by atomic mass is 35.5. The number of quaternary nitrogens is 1. The highest BCUT2D eigenvalue weighted by Crippen LogP contribution is 2.24. The quantitative estimate of drug-likeness (QED) is 0.826. The molecule has 0 aliphatic carbocycles. The zero-order valence-electron chi connectivity index (χ0n) is 14.8. The van der Waals surface area contributed by atoms with E-state index in [0.29, 0.717) is 23.1 Å². The van der Waals surface area contributed by atoms with Crippen LogP contribution in [0.1, 0.15) is 5.56 Å². The van der Waals surface area contributed by atoms with Crippen LogP contribution in [0.3, 0.4) is 0 Å². The van der Waals surface area contributed by atoms with E-state index in [0.717, 1.165) is 42.5 Å². The number of likely N-dealkylation sites (N-methyl/N-ethyl adjacent to an activating group) is 1. The van der Waals surface area contributed by atoms with Crippen LogP contribution in [0.4, 0.5) is 5.82 Å². The second kappa shape index (κ2) is 8.71. The Balaban J connectivity index is 1.50. The van der Waals surface area contributed by atoms with Crippen LogP contribution in [0.2, 0.25) is 10.0 Å². The molecule has 1 saturated heterocycles. The van der Waals surface area contributed by atoms with Crippen LogP contribution >= 0.6 is 23.2 Å². The van der Waals surface area contributed by atoms with Gasteiger partial charge in [0.2, 0.25) is 0 Å². The second-order valence-corrected chi connectivity index (χ2v) is 7.42. The van der Waals surface area contributed by atoms with Gasteiger partial charge in [-0.2, -0.15) is 0 Å². The summed E-state index contributed by atoms with van der Waals surface area (Å²) in [7, 11) is 2.00. The molecule has 138 valence electrons. The number of aromatic nitrogens is 1. The van der Waals surface area contributed by atoms with Gasteiger partial charge in [0.25, 0.3) is 11.7 Å². The van der Waals surface area contributed by atoms with Crippen LogP contribution in [0.15, 0.2) is 42.6 Å². The fourth-order valence-corrected chi connectivity index (χ4v) is 3.61. The second-order valence-electron chi connectivity index (χ2n) is 6.64. The minimum atomic E-state index is 0.178. The van der Waals surface area contributed by atoms with Gasteiger partial charge in [-0.05, 0) is 12.1 Å². The Morgan fingerprint density at radius 3 is 2.58 bits per heavy atom. The van der Waals surface area contributed by atoms with Crippen LogP contribution < -0.4 is 14.8 Å². The summed E-state index contributed by atoms with van der Waals surface area (Å²) < 4.78 is 0. The Kier molecular flexibility index (Phi) is 6.35. The number of carbonyl (C=O) groups is 1. The van der Waals surface area contributed by atoms with Gasteiger partial charge < -0.3 is 9.80 Å². The first-order valence-electron chi connectivity index (χ1n) is 8.78. The first-order valence-corrected chi connectivity index (χ1v) is 9.54. The third-order valence-electron chi connectivity index (χ3n) is 4.64. The Morgan fingerprint density at radius 1 is 1.12 bits per heavy atom. The number of nitrogens with zero attached hydrogens (tertiary/aromatic N) is 2. The average molecular weight is 395 g/mol. The number of nitrogens with one attached hydrogen (secondary N) is 2. The SMILES string of the molecule is C[NH+](CC(=O)N1CCN(c2cccc[nH+]2)CC1)Cc1cccc(Cl)c1Cl. The Morgan fingerprint density at radius 2 is 1.88 bits per heavy atom. The molecule has 1 atom stereocenters. The molecule has 0 radical (unpaired) electrons. The zero-order valence-corrected chi connectivity index (χ0v) is 16.4. The number of anilines is 1. The number of hydrogen-bond donors (Lipinski definition) is 1. The number of halogens is 2. The lowest BCUT2D eigenvalue weighted by Gasteiger charge is -2.31. The molecule has 2 aromatic rings. The van der Waals surface area contributed by atoms with Crippen molar-refractivity contribution in [1.29, 1.82) is 0 Å². The molecule has 1 aliphatic heterocycles. The molecule has 1 fully saturated rings. The fraction of sp³-hybridized carbons (Fsp3) is 0.368. The van der Waals surface area contributed by atoms with Gasteiger partial charge in [0, 0.05) is 11.6 Å². The van der Waals surface area contributed by atoms with Crippen molar-refractivity contribution in [3.8, 4) is 0 Å². The summed E-state index contributed by atoms with van der Waals surface area (Å²) >= 11 is 12.3. The summed E-state index contributed by atoms with van der Waals surface area (Å²) in [4.78, 5) is 21.2. The van der Waals surface area contributed by atoms with Gasteiger partial charge in [0.05, 0.1) is 36.4 Å². The van der Waals surface area contributed by atoms with Crippen molar-refractivity contribution in [1.82, 2.24) is 4.90 Å². The summed E-state index contributed by atoms with van der Waals surface area (Å²) in [5.74, 6) is 1.27. The number of carbonyl (C=O) groups excluding carboxylic acids is 1. The van der Waals surface area contributed by atoms with Gasteiger partial charge in [-0.25, -0.2) is 4.98 Å². The number of piperazine rings is 1. The molecule has 0 bridgehead atoms. The number of hydrogen-bond acceptors (Lipinski definition) is 2. The van der Waals surface area contributed by atoms with E-state index in [9.17, 15) is 4.79 Å². The van der Waals surface area contributed by atoms with Crippen LogP contribution in [-0.2, 0) is 11.3 Å². The summed E-state index contributed by atoms with van der Waals surface area (Å²) in [6.45, 7) is 4.28. The molecular formula is C19H24Cl2N4O+2. The Labute approximate surface area is 164 Å². The van der Waals surface area contributed by atoms with E-state index in [1.807, 2.05) is 42.4 Å². The molecule has 7 heteroatoms. The molecule has 1 unspecified atom stereocenters. The Hall–Kier alpha value is -1.82. The maximum atomic E-state index is 12.6. The summed E-state index contributed by atoms with van der Waals surface area (Å²) in [5.41, 5.74) is 0.967. The van der Waals surface area contributed by atoms with Crippen molar-refractivity contribution in [2.75, 3.05) is 44.7 Å². The van der Waals surface area contributed by atoms with Crippen LogP contribution in [-0.4, -0.2) is 50.6 Å². The average Bonchev–Trinajstić information content (AvgIpc) is 2.66. The third-order valence-corrected chi connectivity index (χ3v) is 5.50. The highest BCUT2D eigenvalue weighted by Gasteiger charge is 2.27. The largest absolute Gasteiger partial charge is 0.330 e. The Bertz CT molecular complexity index is 748. The first-order chi connectivity index (χ1) is 12.5. The van der Waals surface area contributed by atoms with Crippen molar-refractivity contribution in [3.63, 3.8) is 0 Å².